The molecule has 0 spiro atoms. The predicted molar refractivity (Wildman–Crippen MR) is 69.6 cm³/mol. The second-order valence-electron chi connectivity index (χ2n) is 3.96. The number of benzene rings is 1. The molecule has 84 valence electrons. The lowest BCUT2D eigenvalue weighted by Gasteiger charge is -2.22. The standard InChI is InChI=1S/C11H15Br2NO/c1-6(2)11(15)10(14)7-3-8(12)5-9(13)4-7/h3-6,10-11,15H,14H2,1-2H3/t10-,11+/m0/s1. The maximum Gasteiger partial charge on any atom is 0.0755 e. The molecule has 1 aromatic rings. The Kier molecular flexibility index (Phi) is 4.77. The van der Waals surface area contributed by atoms with E-state index in [1.165, 1.54) is 0 Å². The Morgan fingerprint density at radius 3 is 2.00 bits per heavy atom. The lowest BCUT2D eigenvalue weighted by molar-refractivity contribution is 0.0979. The van der Waals surface area contributed by atoms with Gasteiger partial charge >= 0.3 is 0 Å². The molecule has 1 aromatic carbocycles. The summed E-state index contributed by atoms with van der Waals surface area (Å²) in [6.07, 6.45) is -0.522. The van der Waals surface area contributed by atoms with E-state index in [-0.39, 0.29) is 12.0 Å². The molecular weight excluding hydrogens is 322 g/mol. The molecule has 0 saturated carbocycles. The third-order valence-electron chi connectivity index (χ3n) is 2.32. The van der Waals surface area contributed by atoms with Gasteiger partial charge in [-0.15, -0.1) is 0 Å². The quantitative estimate of drug-likeness (QED) is 0.890. The minimum Gasteiger partial charge on any atom is -0.391 e. The molecule has 3 N–H and O–H groups in total. The zero-order chi connectivity index (χ0) is 11.6. The molecule has 0 aliphatic rings. The van der Waals surface area contributed by atoms with Gasteiger partial charge in [-0.1, -0.05) is 45.7 Å². The van der Waals surface area contributed by atoms with Crippen molar-refractivity contribution in [2.24, 2.45) is 11.7 Å². The fourth-order valence-electron chi connectivity index (χ4n) is 1.38. The molecule has 0 aromatic heterocycles. The van der Waals surface area contributed by atoms with Crippen LogP contribution < -0.4 is 5.73 Å². The molecule has 0 bridgehead atoms. The Hall–Kier alpha value is 0.1000. The molecule has 2 nitrogen and oxygen atoms in total. The molecule has 15 heavy (non-hydrogen) atoms. The molecule has 4 heteroatoms. The maximum absolute atomic E-state index is 9.87. The highest BCUT2D eigenvalue weighted by Crippen LogP contribution is 2.26. The van der Waals surface area contributed by atoms with Gasteiger partial charge in [0.1, 0.15) is 0 Å². The molecule has 2 atom stereocenters. The number of hydrogen-bond donors (Lipinski definition) is 2. The van der Waals surface area contributed by atoms with Crippen molar-refractivity contribution in [3.63, 3.8) is 0 Å². The van der Waals surface area contributed by atoms with Gasteiger partial charge in [0.2, 0.25) is 0 Å². The largest absolute Gasteiger partial charge is 0.391 e. The van der Waals surface area contributed by atoms with Crippen LogP contribution >= 0.6 is 31.9 Å². The topological polar surface area (TPSA) is 46.2 Å². The van der Waals surface area contributed by atoms with Crippen LogP contribution in [0.4, 0.5) is 0 Å². The summed E-state index contributed by atoms with van der Waals surface area (Å²) in [7, 11) is 0. The van der Waals surface area contributed by atoms with E-state index in [1.54, 1.807) is 0 Å². The first kappa shape index (κ1) is 13.2. The van der Waals surface area contributed by atoms with Gasteiger partial charge in [0.05, 0.1) is 12.1 Å². The minimum atomic E-state index is -0.522. The second-order valence-corrected chi connectivity index (χ2v) is 5.79. The summed E-state index contributed by atoms with van der Waals surface area (Å²) < 4.78 is 1.91. The van der Waals surface area contributed by atoms with Crippen molar-refractivity contribution in [3.05, 3.63) is 32.7 Å². The summed E-state index contributed by atoms with van der Waals surface area (Å²) in [6.45, 7) is 3.91. The van der Waals surface area contributed by atoms with Gasteiger partial charge in [-0.05, 0) is 29.7 Å². The van der Waals surface area contributed by atoms with Gasteiger partial charge in [0, 0.05) is 8.95 Å². The van der Waals surface area contributed by atoms with Crippen LogP contribution in [-0.4, -0.2) is 11.2 Å². The number of aliphatic hydroxyl groups excluding tert-OH is 1. The zero-order valence-corrected chi connectivity index (χ0v) is 11.9. The molecule has 0 heterocycles. The average Bonchev–Trinajstić information content (AvgIpc) is 2.13. The van der Waals surface area contributed by atoms with E-state index in [9.17, 15) is 5.11 Å². The van der Waals surface area contributed by atoms with Crippen molar-refractivity contribution in [2.45, 2.75) is 26.0 Å². The lowest BCUT2D eigenvalue weighted by atomic mass is 9.95. The van der Waals surface area contributed by atoms with Crippen LogP contribution in [0.1, 0.15) is 25.5 Å². The summed E-state index contributed by atoms with van der Waals surface area (Å²) in [5.74, 6) is 0.151. The fraction of sp³-hybridized carbons (Fsp3) is 0.455. The van der Waals surface area contributed by atoms with Crippen LogP contribution in [-0.2, 0) is 0 Å². The summed E-state index contributed by atoms with van der Waals surface area (Å²) in [5, 5.41) is 9.87. The van der Waals surface area contributed by atoms with Gasteiger partial charge in [-0.3, -0.25) is 0 Å². The Bertz CT molecular complexity index is 321. The first-order chi connectivity index (χ1) is 6.91. The van der Waals surface area contributed by atoms with Gasteiger partial charge < -0.3 is 10.8 Å². The summed E-state index contributed by atoms with van der Waals surface area (Å²) in [4.78, 5) is 0. The van der Waals surface area contributed by atoms with Gasteiger partial charge in [-0.2, -0.15) is 0 Å². The van der Waals surface area contributed by atoms with Crippen LogP contribution in [0.25, 0.3) is 0 Å². The van der Waals surface area contributed by atoms with Crippen molar-refractivity contribution >= 4 is 31.9 Å². The van der Waals surface area contributed by atoms with E-state index in [0.29, 0.717) is 0 Å². The SMILES string of the molecule is CC(C)[C@@H](O)[C@@H](N)c1cc(Br)cc(Br)c1. The van der Waals surface area contributed by atoms with E-state index in [2.05, 4.69) is 31.9 Å². The van der Waals surface area contributed by atoms with E-state index in [1.807, 2.05) is 32.0 Å². The van der Waals surface area contributed by atoms with Crippen LogP contribution in [0.5, 0.6) is 0 Å². The number of aliphatic hydroxyl groups is 1. The summed E-state index contributed by atoms with van der Waals surface area (Å²) in [5.41, 5.74) is 6.91. The second kappa shape index (κ2) is 5.43. The zero-order valence-electron chi connectivity index (χ0n) is 8.74. The Labute approximate surface area is 107 Å². The maximum atomic E-state index is 9.87. The molecule has 0 aliphatic carbocycles. The Balaban J connectivity index is 2.95. The van der Waals surface area contributed by atoms with Crippen LogP contribution in [0.15, 0.2) is 27.1 Å². The predicted octanol–water partition coefficient (Wildman–Crippen LogP) is 3.23. The van der Waals surface area contributed by atoms with Gasteiger partial charge in [-0.25, -0.2) is 0 Å². The highest BCUT2D eigenvalue weighted by atomic mass is 79.9. The third-order valence-corrected chi connectivity index (χ3v) is 3.24. The van der Waals surface area contributed by atoms with Crippen molar-refractivity contribution in [1.29, 1.82) is 0 Å². The molecular formula is C11H15Br2NO. The minimum absolute atomic E-state index is 0.151. The highest BCUT2D eigenvalue weighted by Gasteiger charge is 2.20. The molecule has 0 amide bonds. The molecule has 1 rings (SSSR count). The van der Waals surface area contributed by atoms with Crippen molar-refractivity contribution < 1.29 is 5.11 Å². The smallest absolute Gasteiger partial charge is 0.0755 e. The molecule has 0 saturated heterocycles. The number of rotatable bonds is 3. The van der Waals surface area contributed by atoms with Crippen LogP contribution in [0, 0.1) is 5.92 Å². The summed E-state index contributed by atoms with van der Waals surface area (Å²) >= 11 is 6.80. The first-order valence-electron chi connectivity index (χ1n) is 4.81. The molecule has 0 aliphatic heterocycles. The molecule has 0 unspecified atom stereocenters. The Morgan fingerprint density at radius 1 is 1.13 bits per heavy atom. The molecule has 0 radical (unpaired) electrons. The van der Waals surface area contributed by atoms with Gasteiger partial charge in [0.15, 0.2) is 0 Å². The highest BCUT2D eigenvalue weighted by molar-refractivity contribution is 9.11. The van der Waals surface area contributed by atoms with Crippen LogP contribution in [0.2, 0.25) is 0 Å². The van der Waals surface area contributed by atoms with Gasteiger partial charge in [0.25, 0.3) is 0 Å². The average molecular weight is 337 g/mol. The number of nitrogens with two attached hydrogens (primary N) is 1. The summed E-state index contributed by atoms with van der Waals surface area (Å²) in [6, 6.07) is 5.46. The fourth-order valence-corrected chi connectivity index (χ4v) is 2.71. The van der Waals surface area contributed by atoms with Crippen molar-refractivity contribution in [1.82, 2.24) is 0 Å². The van der Waals surface area contributed by atoms with E-state index in [4.69, 9.17) is 5.73 Å². The van der Waals surface area contributed by atoms with E-state index in [0.717, 1.165) is 14.5 Å². The van der Waals surface area contributed by atoms with E-state index < -0.39 is 6.10 Å². The number of halogens is 2. The monoisotopic (exact) mass is 335 g/mol. The first-order valence-corrected chi connectivity index (χ1v) is 6.40. The van der Waals surface area contributed by atoms with Crippen molar-refractivity contribution in [2.75, 3.05) is 0 Å². The lowest BCUT2D eigenvalue weighted by Crippen LogP contribution is -2.30. The van der Waals surface area contributed by atoms with Crippen LogP contribution in [0.3, 0.4) is 0 Å². The third kappa shape index (κ3) is 3.55. The van der Waals surface area contributed by atoms with E-state index >= 15 is 0 Å². The Morgan fingerprint density at radius 2 is 1.60 bits per heavy atom. The normalized spacial score (nSPS) is 15.4. The van der Waals surface area contributed by atoms with Crippen molar-refractivity contribution in [3.8, 4) is 0 Å². The molecule has 0 fully saturated rings. The number of hydrogen-bond acceptors (Lipinski definition) is 2.